The van der Waals surface area contributed by atoms with Crippen LogP contribution in [0.4, 0.5) is 0 Å². The highest BCUT2D eigenvalue weighted by molar-refractivity contribution is 7.07. The summed E-state index contributed by atoms with van der Waals surface area (Å²) in [6.45, 7) is 5.46. The van der Waals surface area contributed by atoms with Crippen LogP contribution in [0.5, 0.6) is 17.2 Å². The molecule has 39 heavy (non-hydrogen) atoms. The summed E-state index contributed by atoms with van der Waals surface area (Å²) in [7, 11) is 3.14. The van der Waals surface area contributed by atoms with Crippen LogP contribution in [0, 0.1) is 6.92 Å². The molecule has 4 aromatic rings. The van der Waals surface area contributed by atoms with Gasteiger partial charge in [0.1, 0.15) is 23.3 Å². The molecule has 1 atom stereocenters. The van der Waals surface area contributed by atoms with Gasteiger partial charge in [0.05, 0.1) is 36.6 Å². The Hall–Kier alpha value is -4.37. The van der Waals surface area contributed by atoms with Gasteiger partial charge < -0.3 is 19.3 Å². The zero-order chi connectivity index (χ0) is 27.8. The fourth-order valence-corrected chi connectivity index (χ4v) is 5.92. The normalized spacial score (nSPS) is 15.2. The van der Waals surface area contributed by atoms with Gasteiger partial charge in [-0.15, -0.1) is 0 Å². The molecule has 0 aliphatic carbocycles. The predicted octanol–water partition coefficient (Wildman–Crippen LogP) is 3.98. The summed E-state index contributed by atoms with van der Waals surface area (Å²) in [6.07, 6.45) is 1.76. The standard InChI is InChI=1S/C30H28N2O6S/c1-6-38-29(35)25-17(3)31-30-32(28(34)24(39-30)14-18-7-11-22(33)16(2)13-18)27(25)26-21-15-20(36-4)10-8-19(21)9-12-23(26)37-5/h7-15,27,33H,6H2,1-5H3. The number of phenolic OH excluding ortho intramolecular Hbond substituents is 1. The van der Waals surface area contributed by atoms with Crippen LogP contribution < -0.4 is 24.4 Å². The van der Waals surface area contributed by atoms with E-state index >= 15 is 0 Å². The molecule has 0 saturated heterocycles. The number of aromatic hydroxyl groups is 1. The zero-order valence-electron chi connectivity index (χ0n) is 22.3. The first-order chi connectivity index (χ1) is 18.8. The lowest BCUT2D eigenvalue weighted by molar-refractivity contribution is -0.139. The number of hydrogen-bond donors (Lipinski definition) is 1. The van der Waals surface area contributed by atoms with E-state index in [1.165, 1.54) is 11.3 Å². The maximum absolute atomic E-state index is 14.0. The van der Waals surface area contributed by atoms with Crippen molar-refractivity contribution in [3.63, 3.8) is 0 Å². The lowest BCUT2D eigenvalue weighted by atomic mass is 9.90. The molecule has 1 aromatic heterocycles. The van der Waals surface area contributed by atoms with E-state index in [0.717, 1.165) is 16.3 Å². The van der Waals surface area contributed by atoms with Crippen molar-refractivity contribution in [1.29, 1.82) is 0 Å². The van der Waals surface area contributed by atoms with Crippen LogP contribution in [0.25, 0.3) is 16.8 Å². The Labute approximate surface area is 228 Å². The van der Waals surface area contributed by atoms with E-state index in [1.807, 2.05) is 30.3 Å². The number of allylic oxidation sites excluding steroid dienone is 1. The number of aryl methyl sites for hydroxylation is 1. The molecule has 9 heteroatoms. The number of ether oxygens (including phenoxy) is 3. The van der Waals surface area contributed by atoms with Gasteiger partial charge in [0.15, 0.2) is 4.80 Å². The number of aromatic nitrogens is 1. The van der Waals surface area contributed by atoms with Crippen molar-refractivity contribution in [2.24, 2.45) is 4.99 Å². The van der Waals surface area contributed by atoms with E-state index in [9.17, 15) is 14.7 Å². The van der Waals surface area contributed by atoms with E-state index in [0.29, 0.717) is 37.7 Å². The summed E-state index contributed by atoms with van der Waals surface area (Å²) < 4.78 is 18.7. The van der Waals surface area contributed by atoms with Gasteiger partial charge >= 0.3 is 5.97 Å². The van der Waals surface area contributed by atoms with Gasteiger partial charge in [-0.1, -0.05) is 29.5 Å². The second-order valence-corrected chi connectivity index (χ2v) is 10.1. The van der Waals surface area contributed by atoms with E-state index in [2.05, 4.69) is 4.99 Å². The largest absolute Gasteiger partial charge is 0.508 e. The molecule has 0 bridgehead atoms. The Morgan fingerprint density at radius 3 is 2.56 bits per heavy atom. The topological polar surface area (TPSA) is 99.4 Å². The van der Waals surface area contributed by atoms with Crippen molar-refractivity contribution in [3.05, 3.63) is 96.2 Å². The maximum Gasteiger partial charge on any atom is 0.338 e. The van der Waals surface area contributed by atoms with E-state index in [-0.39, 0.29) is 23.5 Å². The van der Waals surface area contributed by atoms with Gasteiger partial charge in [0.25, 0.3) is 5.56 Å². The third kappa shape index (κ3) is 4.59. The van der Waals surface area contributed by atoms with Crippen LogP contribution in [0.3, 0.4) is 0 Å². The summed E-state index contributed by atoms with van der Waals surface area (Å²) in [4.78, 5) is 32.6. The van der Waals surface area contributed by atoms with Crippen molar-refractivity contribution in [2.75, 3.05) is 20.8 Å². The highest BCUT2D eigenvalue weighted by Gasteiger charge is 2.36. The number of rotatable bonds is 6. The van der Waals surface area contributed by atoms with Gasteiger partial charge in [-0.2, -0.15) is 0 Å². The molecule has 0 amide bonds. The number of benzene rings is 3. The number of nitrogens with zero attached hydrogens (tertiary/aromatic N) is 2. The summed E-state index contributed by atoms with van der Waals surface area (Å²) in [6, 6.07) is 13.7. The van der Waals surface area contributed by atoms with Crippen LogP contribution in [0.2, 0.25) is 0 Å². The van der Waals surface area contributed by atoms with E-state index in [4.69, 9.17) is 14.2 Å². The molecule has 8 nitrogen and oxygen atoms in total. The first-order valence-corrected chi connectivity index (χ1v) is 13.2. The molecule has 200 valence electrons. The number of carbonyl (C=O) groups is 1. The minimum Gasteiger partial charge on any atom is -0.508 e. The number of phenols is 1. The average Bonchev–Trinajstić information content (AvgIpc) is 3.23. The van der Waals surface area contributed by atoms with Crippen LogP contribution in [0.15, 0.2) is 69.6 Å². The second kappa shape index (κ2) is 10.4. The number of fused-ring (bicyclic) bond motifs is 2. The first kappa shape index (κ1) is 26.2. The van der Waals surface area contributed by atoms with Crippen LogP contribution in [0.1, 0.15) is 36.6 Å². The van der Waals surface area contributed by atoms with Crippen LogP contribution in [-0.4, -0.2) is 36.5 Å². The highest BCUT2D eigenvalue weighted by atomic mass is 32.1. The molecule has 2 heterocycles. The third-order valence-corrected chi connectivity index (χ3v) is 7.74. The molecule has 5 rings (SSSR count). The molecular weight excluding hydrogens is 516 g/mol. The van der Waals surface area contributed by atoms with Gasteiger partial charge in [-0.25, -0.2) is 9.79 Å². The molecule has 1 N–H and O–H groups in total. The van der Waals surface area contributed by atoms with Crippen molar-refractivity contribution < 1.29 is 24.1 Å². The second-order valence-electron chi connectivity index (χ2n) is 9.12. The molecular formula is C30H28N2O6S. The molecule has 1 unspecified atom stereocenters. The van der Waals surface area contributed by atoms with Crippen molar-refractivity contribution >= 4 is 34.2 Å². The number of esters is 1. The summed E-state index contributed by atoms with van der Waals surface area (Å²) >= 11 is 1.24. The summed E-state index contributed by atoms with van der Waals surface area (Å²) in [5, 5.41) is 11.6. The van der Waals surface area contributed by atoms with Crippen molar-refractivity contribution in [1.82, 2.24) is 4.57 Å². The van der Waals surface area contributed by atoms with Crippen LogP contribution in [-0.2, 0) is 9.53 Å². The predicted molar refractivity (Wildman–Crippen MR) is 150 cm³/mol. The maximum atomic E-state index is 14.0. The molecule has 0 saturated carbocycles. The average molecular weight is 545 g/mol. The third-order valence-electron chi connectivity index (χ3n) is 6.76. The molecule has 0 spiro atoms. The Bertz CT molecular complexity index is 1830. The minimum absolute atomic E-state index is 0.174. The highest BCUT2D eigenvalue weighted by Crippen LogP contribution is 2.41. The van der Waals surface area contributed by atoms with Crippen LogP contribution >= 0.6 is 11.3 Å². The Morgan fingerprint density at radius 1 is 1.10 bits per heavy atom. The summed E-state index contributed by atoms with van der Waals surface area (Å²) in [5.74, 6) is 0.780. The molecule has 0 radical (unpaired) electrons. The molecule has 0 fully saturated rings. The van der Waals surface area contributed by atoms with Crippen molar-refractivity contribution in [2.45, 2.75) is 26.8 Å². The molecule has 1 aliphatic rings. The molecule has 1 aliphatic heterocycles. The van der Waals surface area contributed by atoms with E-state index < -0.39 is 12.0 Å². The first-order valence-electron chi connectivity index (χ1n) is 12.4. The van der Waals surface area contributed by atoms with Gasteiger partial charge in [-0.3, -0.25) is 9.36 Å². The quantitative estimate of drug-likeness (QED) is 0.369. The zero-order valence-corrected chi connectivity index (χ0v) is 23.1. The monoisotopic (exact) mass is 544 g/mol. The Balaban J connectivity index is 1.86. The SMILES string of the molecule is CCOC(=O)C1=C(C)N=c2sc(=Cc3ccc(O)c(C)c3)c(=O)n2C1c1c(OC)ccc2ccc(OC)cc12. The minimum atomic E-state index is -0.852. The number of hydrogen-bond acceptors (Lipinski definition) is 8. The van der Waals surface area contributed by atoms with Gasteiger partial charge in [-0.05, 0) is 79.1 Å². The number of carbonyl (C=O) groups excluding carboxylic acids is 1. The number of methoxy groups -OCH3 is 2. The molecule has 3 aromatic carbocycles. The lowest BCUT2D eigenvalue weighted by Gasteiger charge is -2.27. The smallest absolute Gasteiger partial charge is 0.338 e. The Morgan fingerprint density at radius 2 is 1.87 bits per heavy atom. The fraction of sp³-hybridized carbons (Fsp3) is 0.233. The van der Waals surface area contributed by atoms with E-state index in [1.54, 1.807) is 63.8 Å². The Kier molecular flexibility index (Phi) is 7.01. The van der Waals surface area contributed by atoms with Gasteiger partial charge in [0, 0.05) is 5.56 Å². The van der Waals surface area contributed by atoms with Crippen molar-refractivity contribution in [3.8, 4) is 17.2 Å². The fourth-order valence-electron chi connectivity index (χ4n) is 4.87. The number of thiazole rings is 1. The lowest BCUT2D eigenvalue weighted by Crippen LogP contribution is -2.40. The summed E-state index contributed by atoms with van der Waals surface area (Å²) in [5.41, 5.74) is 2.54. The van der Waals surface area contributed by atoms with Gasteiger partial charge in [0.2, 0.25) is 0 Å².